The second-order valence-corrected chi connectivity index (χ2v) is 10.9. The van der Waals surface area contributed by atoms with Crippen LogP contribution in [0, 0.1) is 34.0 Å². The van der Waals surface area contributed by atoms with Crippen molar-refractivity contribution in [3.63, 3.8) is 0 Å². The Bertz CT molecular complexity index is 679. The second kappa shape index (κ2) is 5.69. The highest BCUT2D eigenvalue weighted by Gasteiger charge is 2.74. The summed E-state index contributed by atoms with van der Waals surface area (Å²) in [5.74, 6) is 2.63. The van der Waals surface area contributed by atoms with Gasteiger partial charge < -0.3 is 9.47 Å². The van der Waals surface area contributed by atoms with E-state index in [0.29, 0.717) is 34.6 Å². The lowest BCUT2D eigenvalue weighted by Gasteiger charge is -2.52. The van der Waals surface area contributed by atoms with E-state index in [1.54, 1.807) is 0 Å². The maximum Gasteiger partial charge on any atom is 0.157 e. The molecule has 4 saturated carbocycles. The number of carbonyl (C=O) groups excluding carboxylic acids is 1. The Labute approximate surface area is 163 Å². The summed E-state index contributed by atoms with van der Waals surface area (Å²) in [5, 5.41) is 0. The average molecular weight is 371 g/mol. The molecule has 3 heteroatoms. The van der Waals surface area contributed by atoms with Crippen LogP contribution in [0.5, 0.6) is 0 Å². The van der Waals surface area contributed by atoms with Crippen LogP contribution in [0.25, 0.3) is 0 Å². The van der Waals surface area contributed by atoms with Crippen LogP contribution in [0.2, 0.25) is 0 Å². The predicted octanol–water partition coefficient (Wildman–Crippen LogP) is 5.04. The highest BCUT2D eigenvalue weighted by Crippen LogP contribution is 2.81. The standard InChI is InChI=1S/C24H34O3/c1-22-10-9-19-17(18(22)5-6-20(22)25)8-11-23-14-16(7-12-24(19,23)15-23)27-21-4-2-3-13-26-21/h8,11,16-19,21H,2-7,9-10,12-15H2,1H3/t16-,17+,18+,19+,21-,22+,23-,24+/m1/s1. The summed E-state index contributed by atoms with van der Waals surface area (Å²) in [6.07, 6.45) is 18.6. The summed E-state index contributed by atoms with van der Waals surface area (Å²) in [6.45, 7) is 3.15. The van der Waals surface area contributed by atoms with Gasteiger partial charge >= 0.3 is 0 Å². The van der Waals surface area contributed by atoms with E-state index in [1.807, 2.05) is 0 Å². The van der Waals surface area contributed by atoms with Gasteiger partial charge in [-0.1, -0.05) is 19.1 Å². The molecule has 5 aliphatic carbocycles. The van der Waals surface area contributed by atoms with E-state index in [-0.39, 0.29) is 11.7 Å². The van der Waals surface area contributed by atoms with Crippen molar-refractivity contribution < 1.29 is 14.3 Å². The van der Waals surface area contributed by atoms with Crippen LogP contribution in [-0.2, 0) is 14.3 Å². The monoisotopic (exact) mass is 370 g/mol. The minimum Gasteiger partial charge on any atom is -0.353 e. The van der Waals surface area contributed by atoms with E-state index in [2.05, 4.69) is 19.1 Å². The molecule has 8 atom stereocenters. The smallest absolute Gasteiger partial charge is 0.157 e. The van der Waals surface area contributed by atoms with E-state index in [9.17, 15) is 4.79 Å². The molecule has 0 spiro atoms. The number of allylic oxidation sites excluding steroid dienone is 2. The molecular weight excluding hydrogens is 336 g/mol. The van der Waals surface area contributed by atoms with E-state index in [4.69, 9.17) is 9.47 Å². The SMILES string of the molecule is C[C@]12CC[C@H]3[C@@H](C=C[C@]45C[C@H](O[C@@H]6CCCCO6)CC[C@]34C5)[C@@H]1CCC2=O. The molecule has 27 heavy (non-hydrogen) atoms. The van der Waals surface area contributed by atoms with Gasteiger partial charge in [0, 0.05) is 18.4 Å². The number of Topliss-reactive ketones (excluding diaryl/α,β-unsaturated/α-hetero) is 1. The number of rotatable bonds is 2. The van der Waals surface area contributed by atoms with Crippen molar-refractivity contribution in [1.82, 2.24) is 0 Å². The molecule has 0 aromatic heterocycles. The second-order valence-electron chi connectivity index (χ2n) is 10.9. The number of ketones is 1. The van der Waals surface area contributed by atoms with Crippen LogP contribution >= 0.6 is 0 Å². The number of ether oxygens (including phenoxy) is 2. The summed E-state index contributed by atoms with van der Waals surface area (Å²) < 4.78 is 12.2. The minimum absolute atomic E-state index is 0.0182. The first-order chi connectivity index (χ1) is 13.1. The third kappa shape index (κ3) is 2.25. The van der Waals surface area contributed by atoms with Crippen LogP contribution in [0.1, 0.15) is 77.6 Å². The molecule has 0 bridgehead atoms. The summed E-state index contributed by atoms with van der Waals surface area (Å²) in [5.41, 5.74) is 0.921. The molecule has 0 amide bonds. The van der Waals surface area contributed by atoms with E-state index in [1.165, 1.54) is 44.9 Å². The molecule has 5 fully saturated rings. The molecule has 1 aliphatic heterocycles. The fraction of sp³-hybridized carbons (Fsp3) is 0.875. The third-order valence-corrected chi connectivity index (χ3v) is 9.87. The lowest BCUT2D eigenvalue weighted by Crippen LogP contribution is -2.48. The minimum atomic E-state index is -0.0182. The summed E-state index contributed by atoms with van der Waals surface area (Å²) in [6, 6.07) is 0. The predicted molar refractivity (Wildman–Crippen MR) is 103 cm³/mol. The summed E-state index contributed by atoms with van der Waals surface area (Å²) in [7, 11) is 0. The normalized spacial score (nSPS) is 56.0. The number of hydrogen-bond donors (Lipinski definition) is 0. The van der Waals surface area contributed by atoms with Gasteiger partial charge in [-0.25, -0.2) is 0 Å². The van der Waals surface area contributed by atoms with Crippen molar-refractivity contribution in [2.75, 3.05) is 6.61 Å². The molecule has 6 rings (SSSR count). The van der Waals surface area contributed by atoms with Crippen molar-refractivity contribution in [2.24, 2.45) is 34.0 Å². The van der Waals surface area contributed by atoms with Crippen LogP contribution < -0.4 is 0 Å². The largest absolute Gasteiger partial charge is 0.353 e. The molecule has 0 aromatic rings. The maximum atomic E-state index is 12.6. The van der Waals surface area contributed by atoms with Gasteiger partial charge in [-0.3, -0.25) is 4.79 Å². The van der Waals surface area contributed by atoms with Crippen molar-refractivity contribution in [1.29, 1.82) is 0 Å². The molecule has 6 aliphatic rings. The fourth-order valence-electron chi connectivity index (χ4n) is 8.36. The zero-order valence-corrected chi connectivity index (χ0v) is 16.8. The Morgan fingerprint density at radius 2 is 2.04 bits per heavy atom. The number of hydrogen-bond acceptors (Lipinski definition) is 3. The molecule has 1 heterocycles. The van der Waals surface area contributed by atoms with E-state index >= 15 is 0 Å². The van der Waals surface area contributed by atoms with Crippen molar-refractivity contribution >= 4 is 5.78 Å². The molecule has 0 aromatic carbocycles. The Balaban J connectivity index is 1.22. The Kier molecular flexibility index (Phi) is 3.63. The van der Waals surface area contributed by atoms with Crippen molar-refractivity contribution in [3.8, 4) is 0 Å². The quantitative estimate of drug-likeness (QED) is 0.639. The van der Waals surface area contributed by atoms with Gasteiger partial charge in [-0.2, -0.15) is 0 Å². The first kappa shape index (κ1) is 17.2. The molecule has 3 nitrogen and oxygen atoms in total. The molecular formula is C24H34O3. The lowest BCUT2D eigenvalue weighted by atomic mass is 9.52. The third-order valence-electron chi connectivity index (χ3n) is 9.87. The molecule has 0 radical (unpaired) electrons. The van der Waals surface area contributed by atoms with Crippen molar-refractivity contribution in [3.05, 3.63) is 12.2 Å². The van der Waals surface area contributed by atoms with Crippen LogP contribution in [0.15, 0.2) is 12.2 Å². The van der Waals surface area contributed by atoms with Crippen LogP contribution in [0.4, 0.5) is 0 Å². The van der Waals surface area contributed by atoms with Crippen LogP contribution in [0.3, 0.4) is 0 Å². The van der Waals surface area contributed by atoms with Crippen LogP contribution in [-0.4, -0.2) is 24.8 Å². The Hall–Kier alpha value is -0.670. The van der Waals surface area contributed by atoms with Gasteiger partial charge in [0.25, 0.3) is 0 Å². The summed E-state index contributed by atoms with van der Waals surface area (Å²) in [4.78, 5) is 12.6. The molecule has 148 valence electrons. The maximum absolute atomic E-state index is 12.6. The van der Waals surface area contributed by atoms with Gasteiger partial charge in [0.05, 0.1) is 6.10 Å². The highest BCUT2D eigenvalue weighted by atomic mass is 16.7. The van der Waals surface area contributed by atoms with Gasteiger partial charge in [-0.05, 0) is 92.8 Å². The van der Waals surface area contributed by atoms with Crippen molar-refractivity contribution in [2.45, 2.75) is 89.9 Å². The van der Waals surface area contributed by atoms with Gasteiger partial charge in [0.15, 0.2) is 6.29 Å². The number of carbonyl (C=O) groups is 1. The van der Waals surface area contributed by atoms with Gasteiger partial charge in [-0.15, -0.1) is 0 Å². The average Bonchev–Trinajstić information content (AvgIpc) is 3.28. The topological polar surface area (TPSA) is 35.5 Å². The van der Waals surface area contributed by atoms with Gasteiger partial charge in [0.1, 0.15) is 5.78 Å². The zero-order chi connectivity index (χ0) is 18.3. The summed E-state index contributed by atoms with van der Waals surface area (Å²) >= 11 is 0. The first-order valence-corrected chi connectivity index (χ1v) is 11.6. The fourth-order valence-corrected chi connectivity index (χ4v) is 8.36. The molecule has 1 saturated heterocycles. The Morgan fingerprint density at radius 1 is 1.11 bits per heavy atom. The number of fused-ring (bicyclic) bond motifs is 3. The van der Waals surface area contributed by atoms with E-state index < -0.39 is 0 Å². The zero-order valence-electron chi connectivity index (χ0n) is 16.8. The first-order valence-electron chi connectivity index (χ1n) is 11.6. The molecule has 0 unspecified atom stereocenters. The molecule has 0 N–H and O–H groups in total. The highest BCUT2D eigenvalue weighted by molar-refractivity contribution is 5.87. The van der Waals surface area contributed by atoms with Gasteiger partial charge in [0.2, 0.25) is 0 Å². The van der Waals surface area contributed by atoms with E-state index in [0.717, 1.165) is 38.2 Å². The lowest BCUT2D eigenvalue weighted by molar-refractivity contribution is -0.199. The Morgan fingerprint density at radius 3 is 2.89 bits per heavy atom.